The van der Waals surface area contributed by atoms with E-state index in [0.29, 0.717) is 21.3 Å². The molecule has 0 radical (unpaired) electrons. The number of carbonyl (C=O) groups is 1. The standard InChI is InChI=1S/C24H17BrN4O2/c25-22-12-17(10-11-23(22)31-16-20-9-5-4-8-19(20)13-26)15-28-29-24(30)21(14-27)18-6-2-1-3-7-18/h1-12,15,21H,16H2,(H,29,30)/b28-15-/t21-/m1/s1. The quantitative estimate of drug-likeness (QED) is 0.399. The van der Waals surface area contributed by atoms with Gasteiger partial charge in [0.05, 0.1) is 28.4 Å². The van der Waals surface area contributed by atoms with Crippen molar-refractivity contribution in [1.82, 2.24) is 5.43 Å². The minimum atomic E-state index is -0.933. The first-order valence-corrected chi connectivity index (χ1v) is 10.1. The maximum Gasteiger partial charge on any atom is 0.261 e. The van der Waals surface area contributed by atoms with E-state index in [1.54, 1.807) is 48.5 Å². The van der Waals surface area contributed by atoms with Crippen molar-refractivity contribution in [2.75, 3.05) is 0 Å². The molecular weight excluding hydrogens is 456 g/mol. The van der Waals surface area contributed by atoms with Gasteiger partial charge in [0, 0.05) is 5.56 Å². The fraction of sp³-hybridized carbons (Fsp3) is 0.0833. The van der Waals surface area contributed by atoms with Crippen LogP contribution in [-0.2, 0) is 11.4 Å². The van der Waals surface area contributed by atoms with Crippen LogP contribution in [-0.4, -0.2) is 12.1 Å². The number of benzene rings is 3. The Morgan fingerprint density at radius 3 is 2.55 bits per heavy atom. The Labute approximate surface area is 188 Å². The van der Waals surface area contributed by atoms with Gasteiger partial charge in [-0.25, -0.2) is 5.43 Å². The van der Waals surface area contributed by atoms with Crippen LogP contribution < -0.4 is 10.2 Å². The molecule has 0 unspecified atom stereocenters. The highest BCUT2D eigenvalue weighted by molar-refractivity contribution is 9.10. The van der Waals surface area contributed by atoms with Gasteiger partial charge in [-0.3, -0.25) is 4.79 Å². The molecule has 7 heteroatoms. The highest BCUT2D eigenvalue weighted by atomic mass is 79.9. The average molecular weight is 473 g/mol. The third-order valence-electron chi connectivity index (χ3n) is 4.39. The van der Waals surface area contributed by atoms with Crippen LogP contribution in [0.25, 0.3) is 0 Å². The van der Waals surface area contributed by atoms with Crippen molar-refractivity contribution in [3.8, 4) is 17.9 Å². The first-order valence-electron chi connectivity index (χ1n) is 9.30. The van der Waals surface area contributed by atoms with E-state index in [2.05, 4.69) is 32.5 Å². The summed E-state index contributed by atoms with van der Waals surface area (Å²) in [7, 11) is 0. The lowest BCUT2D eigenvalue weighted by Gasteiger charge is -2.10. The monoisotopic (exact) mass is 472 g/mol. The molecule has 1 amide bonds. The number of nitriles is 2. The van der Waals surface area contributed by atoms with Crippen LogP contribution in [0.4, 0.5) is 0 Å². The van der Waals surface area contributed by atoms with Gasteiger partial charge >= 0.3 is 0 Å². The Morgan fingerprint density at radius 2 is 1.84 bits per heavy atom. The summed E-state index contributed by atoms with van der Waals surface area (Å²) >= 11 is 3.46. The van der Waals surface area contributed by atoms with E-state index in [1.807, 2.05) is 30.3 Å². The summed E-state index contributed by atoms with van der Waals surface area (Å²) in [6.07, 6.45) is 1.48. The summed E-state index contributed by atoms with van der Waals surface area (Å²) in [6.45, 7) is 0.265. The fourth-order valence-electron chi connectivity index (χ4n) is 2.79. The van der Waals surface area contributed by atoms with Gasteiger partial charge in [0.2, 0.25) is 0 Å². The van der Waals surface area contributed by atoms with Crippen LogP contribution in [0, 0.1) is 22.7 Å². The summed E-state index contributed by atoms with van der Waals surface area (Å²) in [6, 6.07) is 25.6. The van der Waals surface area contributed by atoms with E-state index in [1.165, 1.54) is 6.21 Å². The second-order valence-electron chi connectivity index (χ2n) is 6.45. The van der Waals surface area contributed by atoms with Crippen LogP contribution in [0.15, 0.2) is 82.4 Å². The van der Waals surface area contributed by atoms with Crippen LogP contribution in [0.2, 0.25) is 0 Å². The maximum absolute atomic E-state index is 12.3. The largest absolute Gasteiger partial charge is 0.488 e. The van der Waals surface area contributed by atoms with Gasteiger partial charge in [-0.2, -0.15) is 15.6 Å². The van der Waals surface area contributed by atoms with Crippen molar-refractivity contribution in [1.29, 1.82) is 10.5 Å². The van der Waals surface area contributed by atoms with Crippen molar-refractivity contribution >= 4 is 28.1 Å². The summed E-state index contributed by atoms with van der Waals surface area (Å²) in [5.41, 5.74) is 5.12. The van der Waals surface area contributed by atoms with Gasteiger partial charge < -0.3 is 4.74 Å². The van der Waals surface area contributed by atoms with Gasteiger partial charge in [-0.15, -0.1) is 0 Å². The molecule has 0 heterocycles. The Bertz CT molecular complexity index is 1180. The number of nitrogens with zero attached hydrogens (tertiary/aromatic N) is 3. The number of carbonyl (C=O) groups excluding carboxylic acids is 1. The molecule has 31 heavy (non-hydrogen) atoms. The van der Waals surface area contributed by atoms with Gasteiger partial charge in [-0.1, -0.05) is 48.5 Å². The highest BCUT2D eigenvalue weighted by Gasteiger charge is 2.19. The number of amides is 1. The minimum Gasteiger partial charge on any atom is -0.488 e. The maximum atomic E-state index is 12.3. The molecule has 1 N–H and O–H groups in total. The van der Waals surface area contributed by atoms with E-state index in [4.69, 9.17) is 10.00 Å². The number of rotatable bonds is 7. The first-order chi connectivity index (χ1) is 15.1. The molecule has 0 spiro atoms. The molecule has 0 aliphatic carbocycles. The zero-order chi connectivity index (χ0) is 22.1. The normalized spacial score (nSPS) is 11.3. The molecule has 0 bridgehead atoms. The molecule has 152 valence electrons. The number of ether oxygens (including phenoxy) is 1. The van der Waals surface area contributed by atoms with Crippen molar-refractivity contribution in [2.45, 2.75) is 12.5 Å². The summed E-state index contributed by atoms with van der Waals surface area (Å²) in [4.78, 5) is 12.3. The smallest absolute Gasteiger partial charge is 0.261 e. The lowest BCUT2D eigenvalue weighted by atomic mass is 10.0. The molecule has 0 aliphatic heterocycles. The topological polar surface area (TPSA) is 98.3 Å². The Kier molecular flexibility index (Phi) is 7.53. The third-order valence-corrected chi connectivity index (χ3v) is 5.01. The molecule has 3 aromatic rings. The number of hydrazone groups is 1. The molecule has 0 fully saturated rings. The van der Waals surface area contributed by atoms with Crippen LogP contribution in [0.3, 0.4) is 0 Å². The second kappa shape index (κ2) is 10.7. The van der Waals surface area contributed by atoms with Crippen molar-refractivity contribution in [3.05, 3.63) is 99.5 Å². The molecule has 0 saturated heterocycles. The second-order valence-corrected chi connectivity index (χ2v) is 7.31. The van der Waals surface area contributed by atoms with Gasteiger partial charge in [0.15, 0.2) is 5.92 Å². The SMILES string of the molecule is N#Cc1ccccc1COc1ccc(/C=N\NC(=O)[C@H](C#N)c2ccccc2)cc1Br. The number of hydrogen-bond acceptors (Lipinski definition) is 5. The molecule has 0 aromatic heterocycles. The number of halogens is 1. The highest BCUT2D eigenvalue weighted by Crippen LogP contribution is 2.26. The van der Waals surface area contributed by atoms with Crippen molar-refractivity contribution < 1.29 is 9.53 Å². The summed E-state index contributed by atoms with van der Waals surface area (Å²) in [5.74, 6) is -0.820. The predicted octanol–water partition coefficient (Wildman–Crippen LogP) is 4.66. The van der Waals surface area contributed by atoms with Gasteiger partial charge in [0.25, 0.3) is 5.91 Å². The molecule has 0 aliphatic rings. The molecule has 3 rings (SSSR count). The average Bonchev–Trinajstić information content (AvgIpc) is 2.80. The zero-order valence-corrected chi connectivity index (χ0v) is 17.9. The predicted molar refractivity (Wildman–Crippen MR) is 120 cm³/mol. The number of nitrogens with one attached hydrogen (secondary N) is 1. The van der Waals surface area contributed by atoms with Crippen LogP contribution in [0.1, 0.15) is 28.2 Å². The molecular formula is C24H17BrN4O2. The Hall–Kier alpha value is -3.94. The Balaban J connectivity index is 1.61. The fourth-order valence-corrected chi connectivity index (χ4v) is 3.30. The first kappa shape index (κ1) is 21.8. The minimum absolute atomic E-state index is 0.265. The van der Waals surface area contributed by atoms with Crippen LogP contribution >= 0.6 is 15.9 Å². The van der Waals surface area contributed by atoms with E-state index in [-0.39, 0.29) is 6.61 Å². The van der Waals surface area contributed by atoms with Gasteiger partial charge in [0.1, 0.15) is 12.4 Å². The van der Waals surface area contributed by atoms with E-state index in [9.17, 15) is 10.1 Å². The lowest BCUT2D eigenvalue weighted by Crippen LogP contribution is -2.24. The molecule has 1 atom stereocenters. The lowest BCUT2D eigenvalue weighted by molar-refractivity contribution is -0.121. The van der Waals surface area contributed by atoms with E-state index in [0.717, 1.165) is 11.1 Å². The number of hydrogen-bond donors (Lipinski definition) is 1. The van der Waals surface area contributed by atoms with E-state index >= 15 is 0 Å². The zero-order valence-electron chi connectivity index (χ0n) is 16.3. The van der Waals surface area contributed by atoms with Crippen molar-refractivity contribution in [3.63, 3.8) is 0 Å². The molecule has 0 saturated carbocycles. The van der Waals surface area contributed by atoms with Crippen molar-refractivity contribution in [2.24, 2.45) is 5.10 Å². The summed E-state index contributed by atoms with van der Waals surface area (Å²) < 4.78 is 6.51. The van der Waals surface area contributed by atoms with E-state index < -0.39 is 11.8 Å². The van der Waals surface area contributed by atoms with Crippen LogP contribution in [0.5, 0.6) is 5.75 Å². The van der Waals surface area contributed by atoms with Gasteiger partial charge in [-0.05, 0) is 51.3 Å². The molecule has 6 nitrogen and oxygen atoms in total. The Morgan fingerprint density at radius 1 is 1.10 bits per heavy atom. The summed E-state index contributed by atoms with van der Waals surface area (Å²) in [5, 5.41) is 22.4. The third kappa shape index (κ3) is 5.79. The molecule has 3 aromatic carbocycles.